The molecule has 0 fully saturated rings. The normalized spacial score (nSPS) is 10.2. The first-order valence-corrected chi connectivity index (χ1v) is 6.59. The van der Waals surface area contributed by atoms with Gasteiger partial charge in [0, 0.05) is 31.3 Å². The van der Waals surface area contributed by atoms with E-state index in [0.717, 1.165) is 17.8 Å². The monoisotopic (exact) mass is 253 g/mol. The molecular weight excluding hydrogens is 234 g/mol. The Hall–Kier alpha value is -2.09. The summed E-state index contributed by atoms with van der Waals surface area (Å²) >= 11 is 0. The molecule has 98 valence electrons. The van der Waals surface area contributed by atoms with Gasteiger partial charge in [0.25, 0.3) is 0 Å². The Bertz CT molecular complexity index is 548. The van der Waals surface area contributed by atoms with Gasteiger partial charge in [0.05, 0.1) is 0 Å². The number of carbonyl (C=O) groups excluding carboxylic acids is 1. The number of carbonyl (C=O) groups is 1. The number of ketones is 1. The molecule has 0 aromatic heterocycles. The van der Waals surface area contributed by atoms with Crippen molar-refractivity contribution in [3.63, 3.8) is 0 Å². The molecule has 0 aliphatic rings. The van der Waals surface area contributed by atoms with E-state index in [1.807, 2.05) is 56.4 Å². The Balaban J connectivity index is 2.24. The number of benzene rings is 2. The zero-order valence-electron chi connectivity index (χ0n) is 11.5. The van der Waals surface area contributed by atoms with Crippen LogP contribution in [0, 0.1) is 0 Å². The molecule has 2 aromatic rings. The van der Waals surface area contributed by atoms with E-state index >= 15 is 0 Å². The average molecular weight is 253 g/mol. The first-order valence-electron chi connectivity index (χ1n) is 6.59. The molecule has 2 nitrogen and oxygen atoms in total. The maximum atomic E-state index is 12.0. The lowest BCUT2D eigenvalue weighted by Crippen LogP contribution is -2.19. The molecule has 19 heavy (non-hydrogen) atoms. The first kappa shape index (κ1) is 13.3. The van der Waals surface area contributed by atoms with Gasteiger partial charge in [0.15, 0.2) is 5.78 Å². The first-order chi connectivity index (χ1) is 9.22. The number of Topliss-reactive ketones (excluding diaryl/α,β-unsaturated/α-hetero) is 1. The summed E-state index contributed by atoms with van der Waals surface area (Å²) in [5.74, 6) is 0.190. The fraction of sp³-hybridized carbons (Fsp3) is 0.235. The predicted octanol–water partition coefficient (Wildman–Crippen LogP) is 3.92. The largest absolute Gasteiger partial charge is 0.370 e. The highest BCUT2D eigenvalue weighted by Crippen LogP contribution is 2.22. The van der Waals surface area contributed by atoms with Gasteiger partial charge in [0.2, 0.25) is 0 Å². The summed E-state index contributed by atoms with van der Waals surface area (Å²) in [5.41, 5.74) is 3.05. The van der Waals surface area contributed by atoms with Crippen molar-refractivity contribution in [1.82, 2.24) is 0 Å². The van der Waals surface area contributed by atoms with Gasteiger partial charge >= 0.3 is 0 Å². The second kappa shape index (κ2) is 6.19. The van der Waals surface area contributed by atoms with Crippen molar-refractivity contribution < 1.29 is 4.79 Å². The standard InChI is InChI=1S/C17H19NO/c1-3-17(19)15-11-7-8-12-16(15)18(2)13-14-9-5-4-6-10-14/h4-12H,3,13H2,1-2H3. The second-order valence-corrected chi connectivity index (χ2v) is 4.64. The third-order valence-electron chi connectivity index (χ3n) is 3.20. The Morgan fingerprint density at radius 2 is 1.63 bits per heavy atom. The van der Waals surface area contributed by atoms with Crippen LogP contribution in [-0.4, -0.2) is 12.8 Å². The van der Waals surface area contributed by atoms with E-state index in [9.17, 15) is 4.79 Å². The van der Waals surface area contributed by atoms with Crippen LogP contribution in [0.25, 0.3) is 0 Å². The van der Waals surface area contributed by atoms with Crippen LogP contribution in [0.1, 0.15) is 29.3 Å². The van der Waals surface area contributed by atoms with Crippen LogP contribution >= 0.6 is 0 Å². The van der Waals surface area contributed by atoms with Crippen molar-refractivity contribution in [2.75, 3.05) is 11.9 Å². The van der Waals surface area contributed by atoms with Gasteiger partial charge in [-0.1, -0.05) is 49.4 Å². The lowest BCUT2D eigenvalue weighted by Gasteiger charge is -2.22. The number of para-hydroxylation sites is 1. The molecular formula is C17H19NO. The zero-order chi connectivity index (χ0) is 13.7. The van der Waals surface area contributed by atoms with E-state index in [1.165, 1.54) is 5.56 Å². The number of nitrogens with zero attached hydrogens (tertiary/aromatic N) is 1. The number of anilines is 1. The fourth-order valence-corrected chi connectivity index (χ4v) is 2.18. The molecule has 0 aliphatic carbocycles. The fourth-order valence-electron chi connectivity index (χ4n) is 2.18. The van der Waals surface area contributed by atoms with E-state index in [-0.39, 0.29) is 5.78 Å². The highest BCUT2D eigenvalue weighted by molar-refractivity contribution is 6.01. The minimum absolute atomic E-state index is 0.190. The molecule has 0 radical (unpaired) electrons. The zero-order valence-corrected chi connectivity index (χ0v) is 11.5. The number of hydrogen-bond acceptors (Lipinski definition) is 2. The molecule has 0 heterocycles. The van der Waals surface area contributed by atoms with E-state index in [1.54, 1.807) is 0 Å². The van der Waals surface area contributed by atoms with Gasteiger partial charge in [-0.05, 0) is 17.7 Å². The van der Waals surface area contributed by atoms with Crippen molar-refractivity contribution in [3.05, 3.63) is 65.7 Å². The number of hydrogen-bond donors (Lipinski definition) is 0. The molecule has 0 N–H and O–H groups in total. The Morgan fingerprint density at radius 3 is 2.32 bits per heavy atom. The van der Waals surface area contributed by atoms with Crippen LogP contribution in [0.5, 0.6) is 0 Å². The van der Waals surface area contributed by atoms with Crippen molar-refractivity contribution in [1.29, 1.82) is 0 Å². The Labute approximate surface area is 114 Å². The molecule has 0 saturated heterocycles. The van der Waals surface area contributed by atoms with Crippen LogP contribution in [0.3, 0.4) is 0 Å². The molecule has 0 atom stereocenters. The summed E-state index contributed by atoms with van der Waals surface area (Å²) < 4.78 is 0. The molecule has 0 bridgehead atoms. The van der Waals surface area contributed by atoms with E-state index < -0.39 is 0 Å². The van der Waals surface area contributed by atoms with Gasteiger partial charge in [-0.2, -0.15) is 0 Å². The van der Waals surface area contributed by atoms with Crippen molar-refractivity contribution >= 4 is 11.5 Å². The summed E-state index contributed by atoms with van der Waals surface area (Å²) in [6.07, 6.45) is 0.538. The van der Waals surface area contributed by atoms with Crippen molar-refractivity contribution in [2.24, 2.45) is 0 Å². The minimum atomic E-state index is 0.190. The lowest BCUT2D eigenvalue weighted by molar-refractivity contribution is 0.0988. The van der Waals surface area contributed by atoms with Gasteiger partial charge in [0.1, 0.15) is 0 Å². The predicted molar refractivity (Wildman–Crippen MR) is 79.6 cm³/mol. The van der Waals surface area contributed by atoms with Crippen LogP contribution in [-0.2, 0) is 6.54 Å². The van der Waals surface area contributed by atoms with E-state index in [2.05, 4.69) is 17.0 Å². The molecule has 0 aliphatic heterocycles. The number of rotatable bonds is 5. The van der Waals surface area contributed by atoms with Crippen LogP contribution in [0.2, 0.25) is 0 Å². The van der Waals surface area contributed by atoms with Crippen molar-refractivity contribution in [3.8, 4) is 0 Å². The van der Waals surface area contributed by atoms with Gasteiger partial charge in [-0.25, -0.2) is 0 Å². The average Bonchev–Trinajstić information content (AvgIpc) is 2.47. The SMILES string of the molecule is CCC(=O)c1ccccc1N(C)Cc1ccccc1. The molecule has 0 unspecified atom stereocenters. The van der Waals surface area contributed by atoms with Gasteiger partial charge in [-0.3, -0.25) is 4.79 Å². The van der Waals surface area contributed by atoms with Crippen LogP contribution < -0.4 is 4.90 Å². The molecule has 0 amide bonds. The van der Waals surface area contributed by atoms with Gasteiger partial charge < -0.3 is 4.90 Å². The van der Waals surface area contributed by atoms with Gasteiger partial charge in [-0.15, -0.1) is 0 Å². The highest BCUT2D eigenvalue weighted by Gasteiger charge is 2.12. The summed E-state index contributed by atoms with van der Waals surface area (Å²) in [4.78, 5) is 14.1. The maximum Gasteiger partial charge on any atom is 0.164 e. The van der Waals surface area contributed by atoms with E-state index in [0.29, 0.717) is 6.42 Å². The minimum Gasteiger partial charge on any atom is -0.370 e. The summed E-state index contributed by atoms with van der Waals surface area (Å²) in [7, 11) is 2.02. The molecule has 0 saturated carbocycles. The van der Waals surface area contributed by atoms with Crippen molar-refractivity contribution in [2.45, 2.75) is 19.9 Å². The summed E-state index contributed by atoms with van der Waals surface area (Å²) in [6.45, 7) is 2.70. The molecule has 0 spiro atoms. The third-order valence-corrected chi connectivity index (χ3v) is 3.20. The lowest BCUT2D eigenvalue weighted by atomic mass is 10.1. The Morgan fingerprint density at radius 1 is 1.00 bits per heavy atom. The van der Waals surface area contributed by atoms with E-state index in [4.69, 9.17) is 0 Å². The third kappa shape index (κ3) is 3.22. The maximum absolute atomic E-state index is 12.0. The topological polar surface area (TPSA) is 20.3 Å². The molecule has 2 rings (SSSR count). The smallest absolute Gasteiger partial charge is 0.164 e. The van der Waals surface area contributed by atoms with Crippen LogP contribution in [0.15, 0.2) is 54.6 Å². The van der Waals surface area contributed by atoms with Crippen LogP contribution in [0.4, 0.5) is 5.69 Å². The second-order valence-electron chi connectivity index (χ2n) is 4.64. The Kier molecular flexibility index (Phi) is 4.35. The molecule has 2 heteroatoms. The molecule has 2 aromatic carbocycles. The quantitative estimate of drug-likeness (QED) is 0.753. The summed E-state index contributed by atoms with van der Waals surface area (Å²) in [5, 5.41) is 0. The highest BCUT2D eigenvalue weighted by atomic mass is 16.1. The summed E-state index contributed by atoms with van der Waals surface area (Å²) in [6, 6.07) is 18.1.